The van der Waals surface area contributed by atoms with Crippen LogP contribution in [-0.4, -0.2) is 16.1 Å². The summed E-state index contributed by atoms with van der Waals surface area (Å²) in [5.41, 5.74) is 2.89. The number of aromatic nitrogens is 1. The maximum Gasteiger partial charge on any atom is 0.325 e. The number of aliphatic carboxylic acids is 1. The Kier molecular flexibility index (Phi) is 5.61. The van der Waals surface area contributed by atoms with Crippen molar-refractivity contribution in [1.29, 1.82) is 0 Å². The van der Waals surface area contributed by atoms with E-state index in [0.29, 0.717) is 17.5 Å². The highest BCUT2D eigenvalue weighted by Crippen LogP contribution is 2.13. The molecule has 0 radical (unpaired) electrons. The minimum Gasteiger partial charge on any atom is -0.480 e. The number of aromatic amines is 1. The van der Waals surface area contributed by atoms with Crippen LogP contribution in [0, 0.1) is 0 Å². The molecule has 2 aromatic carbocycles. The van der Waals surface area contributed by atoms with E-state index < -0.39 is 12.0 Å². The van der Waals surface area contributed by atoms with Gasteiger partial charge in [0, 0.05) is 24.2 Å². The number of benzene rings is 2. The highest BCUT2D eigenvalue weighted by molar-refractivity contribution is 5.75. The molecule has 3 N–H and O–H groups in total. The summed E-state index contributed by atoms with van der Waals surface area (Å²) in [5, 5.41) is 12.4. The number of carboxylic acid groups (broad SMARTS) is 1. The molecule has 0 aliphatic heterocycles. The third-order valence-electron chi connectivity index (χ3n) is 4.17. The molecule has 0 fully saturated rings. The van der Waals surface area contributed by atoms with Gasteiger partial charge in [0.25, 0.3) is 5.56 Å². The number of hydrogen-bond acceptors (Lipinski definition) is 3. The summed E-state index contributed by atoms with van der Waals surface area (Å²) in [6, 6.07) is 21.5. The van der Waals surface area contributed by atoms with Gasteiger partial charge in [-0.25, -0.2) is 0 Å². The van der Waals surface area contributed by atoms with Gasteiger partial charge >= 0.3 is 5.97 Å². The molecule has 0 saturated heterocycles. The first-order valence-corrected chi connectivity index (χ1v) is 8.39. The fraction of sp³-hybridized carbons (Fsp3) is 0.143. The van der Waals surface area contributed by atoms with Crippen LogP contribution < -0.4 is 10.9 Å². The second kappa shape index (κ2) is 8.27. The highest BCUT2D eigenvalue weighted by atomic mass is 16.4. The molecule has 26 heavy (non-hydrogen) atoms. The van der Waals surface area contributed by atoms with Crippen molar-refractivity contribution in [3.8, 4) is 0 Å². The van der Waals surface area contributed by atoms with E-state index in [1.807, 2.05) is 42.5 Å². The lowest BCUT2D eigenvalue weighted by atomic mass is 10.1. The average molecular weight is 348 g/mol. The molecular weight excluding hydrogens is 328 g/mol. The van der Waals surface area contributed by atoms with Crippen molar-refractivity contribution in [1.82, 2.24) is 10.3 Å². The van der Waals surface area contributed by atoms with Crippen LogP contribution in [0.3, 0.4) is 0 Å². The van der Waals surface area contributed by atoms with E-state index in [1.54, 1.807) is 30.3 Å². The zero-order valence-electron chi connectivity index (χ0n) is 14.2. The molecule has 0 aliphatic rings. The van der Waals surface area contributed by atoms with Gasteiger partial charge in [-0.05, 0) is 17.2 Å². The molecule has 3 aromatic rings. The second-order valence-corrected chi connectivity index (χ2v) is 6.06. The first-order valence-electron chi connectivity index (χ1n) is 8.39. The van der Waals surface area contributed by atoms with E-state index in [4.69, 9.17) is 0 Å². The van der Waals surface area contributed by atoms with Crippen molar-refractivity contribution in [2.24, 2.45) is 0 Å². The molecule has 1 atom stereocenters. The number of carboxylic acids is 1. The smallest absolute Gasteiger partial charge is 0.325 e. The zero-order valence-corrected chi connectivity index (χ0v) is 14.2. The van der Waals surface area contributed by atoms with Gasteiger partial charge in [-0.15, -0.1) is 0 Å². The molecule has 5 heteroatoms. The largest absolute Gasteiger partial charge is 0.480 e. The number of pyridine rings is 1. The van der Waals surface area contributed by atoms with E-state index in [-0.39, 0.29) is 12.1 Å². The van der Waals surface area contributed by atoms with Crippen LogP contribution in [0.5, 0.6) is 0 Å². The molecule has 3 rings (SSSR count). The number of rotatable bonds is 7. The van der Waals surface area contributed by atoms with Crippen molar-refractivity contribution < 1.29 is 9.90 Å². The van der Waals surface area contributed by atoms with Crippen LogP contribution in [0.1, 0.15) is 28.4 Å². The van der Waals surface area contributed by atoms with Crippen molar-refractivity contribution >= 4 is 5.97 Å². The van der Waals surface area contributed by atoms with Crippen LogP contribution in [0.4, 0.5) is 0 Å². The number of nitrogens with one attached hydrogen (secondary N) is 2. The van der Waals surface area contributed by atoms with Crippen molar-refractivity contribution in [2.75, 3.05) is 0 Å². The normalized spacial score (nSPS) is 11.8. The Labute approximate surface area is 151 Å². The molecule has 0 amide bonds. The molecule has 1 aromatic heterocycles. The van der Waals surface area contributed by atoms with Gasteiger partial charge in [0.1, 0.15) is 6.04 Å². The fourth-order valence-electron chi connectivity index (χ4n) is 2.81. The van der Waals surface area contributed by atoms with Crippen molar-refractivity contribution in [2.45, 2.75) is 19.0 Å². The first kappa shape index (κ1) is 17.6. The minimum absolute atomic E-state index is 0.173. The lowest BCUT2D eigenvalue weighted by Crippen LogP contribution is -2.30. The van der Waals surface area contributed by atoms with Gasteiger partial charge in [0.2, 0.25) is 0 Å². The summed E-state index contributed by atoms with van der Waals surface area (Å²) in [7, 11) is 0. The molecule has 132 valence electrons. The maximum absolute atomic E-state index is 12.3. The van der Waals surface area contributed by atoms with Gasteiger partial charge in [-0.3, -0.25) is 14.9 Å². The summed E-state index contributed by atoms with van der Waals surface area (Å²) in [5.74, 6) is -0.978. The average Bonchev–Trinajstić information content (AvgIpc) is 2.65. The summed E-state index contributed by atoms with van der Waals surface area (Å²) >= 11 is 0. The van der Waals surface area contributed by atoms with Crippen LogP contribution in [0.25, 0.3) is 0 Å². The monoisotopic (exact) mass is 348 g/mol. The van der Waals surface area contributed by atoms with Crippen molar-refractivity contribution in [3.05, 3.63) is 106 Å². The summed E-state index contributed by atoms with van der Waals surface area (Å²) in [6.07, 6.45) is 0.644. The summed E-state index contributed by atoms with van der Waals surface area (Å²) in [4.78, 5) is 26.7. The fourth-order valence-corrected chi connectivity index (χ4v) is 2.81. The van der Waals surface area contributed by atoms with E-state index in [9.17, 15) is 14.7 Å². The van der Waals surface area contributed by atoms with Gasteiger partial charge < -0.3 is 10.1 Å². The van der Waals surface area contributed by atoms with E-state index in [2.05, 4.69) is 10.3 Å². The molecule has 0 spiro atoms. The Bertz CT molecular complexity index is 921. The molecule has 1 heterocycles. The zero-order chi connectivity index (χ0) is 18.4. The predicted molar refractivity (Wildman–Crippen MR) is 100.0 cm³/mol. The predicted octanol–water partition coefficient (Wildman–Crippen LogP) is 2.88. The van der Waals surface area contributed by atoms with Crippen LogP contribution in [0.15, 0.2) is 77.6 Å². The molecule has 0 bridgehead atoms. The van der Waals surface area contributed by atoms with Crippen LogP contribution in [0.2, 0.25) is 0 Å². The lowest BCUT2D eigenvalue weighted by Gasteiger charge is -2.14. The maximum atomic E-state index is 12.3. The number of carbonyl (C=O) groups is 1. The van der Waals surface area contributed by atoms with Crippen molar-refractivity contribution in [3.63, 3.8) is 0 Å². The van der Waals surface area contributed by atoms with Gasteiger partial charge in [-0.1, -0.05) is 66.7 Å². The Morgan fingerprint density at radius 1 is 0.962 bits per heavy atom. The topological polar surface area (TPSA) is 82.2 Å². The molecular formula is C21H20N2O3. The van der Waals surface area contributed by atoms with Gasteiger partial charge in [0.15, 0.2) is 0 Å². The third-order valence-corrected chi connectivity index (χ3v) is 4.17. The summed E-state index contributed by atoms with van der Waals surface area (Å²) in [6.45, 7) is 0.173. The first-order chi connectivity index (χ1) is 12.6. The Morgan fingerprint density at radius 2 is 1.62 bits per heavy atom. The Balaban J connectivity index is 1.70. The van der Waals surface area contributed by atoms with Crippen LogP contribution in [-0.2, 0) is 17.8 Å². The molecule has 0 unspecified atom stereocenters. The number of hydrogen-bond donors (Lipinski definition) is 3. The Hall–Kier alpha value is -3.18. The lowest BCUT2D eigenvalue weighted by molar-refractivity contribution is -0.139. The van der Waals surface area contributed by atoms with Gasteiger partial charge in [-0.2, -0.15) is 0 Å². The van der Waals surface area contributed by atoms with Gasteiger partial charge in [0.05, 0.1) is 0 Å². The minimum atomic E-state index is -0.978. The molecule has 0 aliphatic carbocycles. The molecule has 5 nitrogen and oxygen atoms in total. The standard InChI is InChI=1S/C21H20N2O3/c24-20-17(11-12-18(23-20)13-15-7-3-1-4-8-15)14-22-19(21(25)26)16-9-5-2-6-10-16/h1-12,19,22H,13-14H2,(H,23,24)(H,25,26)/t19-/m1/s1. The van der Waals surface area contributed by atoms with Crippen LogP contribution >= 0.6 is 0 Å². The van der Waals surface area contributed by atoms with E-state index in [0.717, 1.165) is 11.3 Å². The highest BCUT2D eigenvalue weighted by Gasteiger charge is 2.19. The van der Waals surface area contributed by atoms with E-state index >= 15 is 0 Å². The Morgan fingerprint density at radius 3 is 2.23 bits per heavy atom. The number of H-pyrrole nitrogens is 1. The quantitative estimate of drug-likeness (QED) is 0.613. The molecule has 0 saturated carbocycles. The second-order valence-electron chi connectivity index (χ2n) is 6.06. The third kappa shape index (κ3) is 4.46. The summed E-state index contributed by atoms with van der Waals surface area (Å²) < 4.78 is 0. The SMILES string of the molecule is O=C(O)[C@H](NCc1ccc(Cc2ccccc2)[nH]c1=O)c1ccccc1. The van der Waals surface area contributed by atoms with E-state index in [1.165, 1.54) is 0 Å².